The summed E-state index contributed by atoms with van der Waals surface area (Å²) in [5.74, 6) is 0. The van der Waals surface area contributed by atoms with Gasteiger partial charge in [-0.25, -0.2) is 0 Å². The Morgan fingerprint density at radius 2 is 1.94 bits per heavy atom. The fourth-order valence-electron chi connectivity index (χ4n) is 1.95. The lowest BCUT2D eigenvalue weighted by molar-refractivity contribution is -0.231. The molecule has 1 aromatic rings. The molecule has 0 aliphatic carbocycles. The molecular formula is C11H15BrN2O2S-. The predicted octanol–water partition coefficient (Wildman–Crippen LogP) is 3.53. The summed E-state index contributed by atoms with van der Waals surface area (Å²) in [5.41, 5.74) is -1.44. The third-order valence-corrected chi connectivity index (χ3v) is 5.83. The van der Waals surface area contributed by atoms with Crippen LogP contribution in [0.2, 0.25) is 0 Å². The molecule has 1 aromatic heterocycles. The van der Waals surface area contributed by atoms with Gasteiger partial charge in [0.15, 0.2) is 0 Å². The Labute approximate surface area is 114 Å². The molecule has 2 heterocycles. The van der Waals surface area contributed by atoms with Gasteiger partial charge in [-0.15, -0.1) is 21.6 Å². The number of hydrogen-bond acceptors (Lipinski definition) is 4. The fourth-order valence-corrected chi connectivity index (χ4v) is 3.59. The van der Waals surface area contributed by atoms with E-state index in [0.717, 1.165) is 19.5 Å². The molecule has 1 aliphatic rings. The first-order valence-corrected chi connectivity index (χ1v) is 7.04. The van der Waals surface area contributed by atoms with Crippen LogP contribution in [0.3, 0.4) is 0 Å². The molecule has 1 radical (unpaired) electrons. The molecule has 0 amide bonds. The summed E-state index contributed by atoms with van der Waals surface area (Å²) in [6.07, 6.45) is -0.755. The molecule has 2 rings (SSSR count). The first kappa shape index (κ1) is 13.5. The lowest BCUT2D eigenvalue weighted by atomic mass is 9.84. The van der Waals surface area contributed by atoms with Crippen molar-refractivity contribution in [2.24, 2.45) is 0 Å². The van der Waals surface area contributed by atoms with E-state index < -0.39 is 17.2 Å². The highest BCUT2D eigenvalue weighted by Crippen LogP contribution is 2.50. The number of hydrogen-bond donors (Lipinski definition) is 0. The molecule has 0 unspecified atom stereocenters. The molecule has 17 heavy (non-hydrogen) atoms. The van der Waals surface area contributed by atoms with Gasteiger partial charge < -0.3 is 10.3 Å². The Bertz CT molecular complexity index is 413. The van der Waals surface area contributed by atoms with Crippen molar-refractivity contribution in [2.45, 2.75) is 44.9 Å². The number of hydroxylamine groups is 4. The molecule has 0 saturated carbocycles. The smallest absolute Gasteiger partial charge is 0.116 e. The second kappa shape index (κ2) is 4.01. The highest BCUT2D eigenvalue weighted by molar-refractivity contribution is 9.10. The van der Waals surface area contributed by atoms with Gasteiger partial charge in [0.1, 0.15) is 6.17 Å². The number of halogens is 1. The normalized spacial score (nSPS) is 28.8. The summed E-state index contributed by atoms with van der Waals surface area (Å²) in [6.45, 7) is 7.25. The second-order valence-corrected chi connectivity index (χ2v) is 7.08. The van der Waals surface area contributed by atoms with Gasteiger partial charge in [-0.2, -0.15) is 0 Å². The van der Waals surface area contributed by atoms with E-state index >= 15 is 0 Å². The molecule has 1 saturated heterocycles. The van der Waals surface area contributed by atoms with Crippen molar-refractivity contribution < 1.29 is 5.21 Å². The van der Waals surface area contributed by atoms with E-state index in [1.54, 1.807) is 0 Å². The molecule has 0 bridgehead atoms. The van der Waals surface area contributed by atoms with Gasteiger partial charge in [-0.3, -0.25) is 0 Å². The van der Waals surface area contributed by atoms with Crippen LogP contribution < -0.4 is 0 Å². The van der Waals surface area contributed by atoms with Crippen LogP contribution in [0.25, 0.3) is 0 Å². The molecule has 0 N–H and O–H groups in total. The zero-order valence-corrected chi connectivity index (χ0v) is 12.6. The SMILES string of the molecule is CC1(C)N([O])C(c2sccc2Br)N([O-])C1(C)C. The van der Waals surface area contributed by atoms with Crippen LogP contribution in [0.1, 0.15) is 38.7 Å². The van der Waals surface area contributed by atoms with Crippen LogP contribution >= 0.6 is 27.3 Å². The summed E-state index contributed by atoms with van der Waals surface area (Å²) >= 11 is 4.81. The van der Waals surface area contributed by atoms with Gasteiger partial charge in [0.05, 0.1) is 10.4 Å². The van der Waals surface area contributed by atoms with Crippen LogP contribution in [-0.4, -0.2) is 21.2 Å². The van der Waals surface area contributed by atoms with Crippen molar-refractivity contribution in [3.05, 3.63) is 26.0 Å². The Balaban J connectivity index is 2.48. The molecule has 6 heteroatoms. The highest BCUT2D eigenvalue weighted by Gasteiger charge is 2.55. The second-order valence-electron chi connectivity index (χ2n) is 5.28. The minimum Gasteiger partial charge on any atom is -0.783 e. The van der Waals surface area contributed by atoms with Gasteiger partial charge in [-0.05, 0) is 55.1 Å². The Morgan fingerprint density at radius 3 is 2.29 bits per heavy atom. The number of nitrogens with zero attached hydrogens (tertiary/aromatic N) is 2. The largest absolute Gasteiger partial charge is 0.783 e. The van der Waals surface area contributed by atoms with Crippen LogP contribution in [0.5, 0.6) is 0 Å². The van der Waals surface area contributed by atoms with E-state index in [0.29, 0.717) is 0 Å². The third-order valence-electron chi connectivity index (χ3n) is 3.92. The Kier molecular flexibility index (Phi) is 3.17. The monoisotopic (exact) mass is 318 g/mol. The number of thiophene rings is 1. The lowest BCUT2D eigenvalue weighted by Gasteiger charge is -2.44. The summed E-state index contributed by atoms with van der Waals surface area (Å²) in [4.78, 5) is 0.772. The molecule has 0 atom stereocenters. The van der Waals surface area contributed by atoms with Crippen LogP contribution in [0, 0.1) is 5.21 Å². The summed E-state index contributed by atoms with van der Waals surface area (Å²) < 4.78 is 0.822. The van der Waals surface area contributed by atoms with Crippen molar-refractivity contribution in [3.63, 3.8) is 0 Å². The zero-order valence-electron chi connectivity index (χ0n) is 10.2. The average Bonchev–Trinajstić information content (AvgIpc) is 2.68. The summed E-state index contributed by atoms with van der Waals surface area (Å²) in [5, 5.41) is 28.4. The van der Waals surface area contributed by atoms with Crippen molar-refractivity contribution in [1.82, 2.24) is 10.1 Å². The minimum atomic E-state index is -0.755. The van der Waals surface area contributed by atoms with Crippen molar-refractivity contribution in [3.8, 4) is 0 Å². The van der Waals surface area contributed by atoms with Crippen LogP contribution in [0.15, 0.2) is 15.9 Å². The van der Waals surface area contributed by atoms with E-state index in [1.165, 1.54) is 11.3 Å². The standard InChI is InChI=1S/C11H15BrN2O2S/c1-10(2)11(3,4)14(16)9(13(10)15)8-7(12)5-6-17-8/h5-6,9H,1-4H3/q-1. The van der Waals surface area contributed by atoms with Crippen molar-refractivity contribution in [1.29, 1.82) is 0 Å². The summed E-state index contributed by atoms with van der Waals surface area (Å²) in [7, 11) is 0. The topological polar surface area (TPSA) is 49.4 Å². The summed E-state index contributed by atoms with van der Waals surface area (Å²) in [6, 6.07) is 1.86. The Morgan fingerprint density at radius 1 is 1.35 bits per heavy atom. The number of rotatable bonds is 1. The quantitative estimate of drug-likeness (QED) is 0.796. The molecule has 0 spiro atoms. The van der Waals surface area contributed by atoms with Gasteiger partial charge in [0.2, 0.25) is 0 Å². The fraction of sp³-hybridized carbons (Fsp3) is 0.636. The van der Waals surface area contributed by atoms with Gasteiger partial charge >= 0.3 is 0 Å². The van der Waals surface area contributed by atoms with E-state index in [-0.39, 0.29) is 0 Å². The predicted molar refractivity (Wildman–Crippen MR) is 70.6 cm³/mol. The Hall–Kier alpha value is 0.0200. The van der Waals surface area contributed by atoms with E-state index in [9.17, 15) is 10.4 Å². The average molecular weight is 319 g/mol. The molecule has 4 nitrogen and oxygen atoms in total. The van der Waals surface area contributed by atoms with Gasteiger partial charge in [0.25, 0.3) is 0 Å². The van der Waals surface area contributed by atoms with E-state index in [1.807, 2.05) is 39.1 Å². The first-order chi connectivity index (χ1) is 7.71. The molecule has 0 aromatic carbocycles. The molecular weight excluding hydrogens is 304 g/mol. The van der Waals surface area contributed by atoms with Crippen LogP contribution in [0.4, 0.5) is 0 Å². The lowest BCUT2D eigenvalue weighted by Crippen LogP contribution is -2.51. The van der Waals surface area contributed by atoms with Crippen LogP contribution in [-0.2, 0) is 5.21 Å². The van der Waals surface area contributed by atoms with Gasteiger partial charge in [-0.1, -0.05) is 0 Å². The zero-order chi connectivity index (χ0) is 13.0. The molecule has 1 fully saturated rings. The van der Waals surface area contributed by atoms with E-state index in [2.05, 4.69) is 15.9 Å². The highest BCUT2D eigenvalue weighted by atomic mass is 79.9. The maximum absolute atomic E-state index is 12.4. The minimum absolute atomic E-state index is 0.719. The van der Waals surface area contributed by atoms with Gasteiger partial charge in [0, 0.05) is 10.0 Å². The van der Waals surface area contributed by atoms with E-state index in [4.69, 9.17) is 0 Å². The maximum Gasteiger partial charge on any atom is 0.116 e. The maximum atomic E-state index is 12.4. The van der Waals surface area contributed by atoms with Crippen molar-refractivity contribution >= 4 is 27.3 Å². The first-order valence-electron chi connectivity index (χ1n) is 5.37. The molecule has 95 valence electrons. The third kappa shape index (κ3) is 1.70. The van der Waals surface area contributed by atoms with Crippen molar-refractivity contribution in [2.75, 3.05) is 0 Å². The molecule has 1 aliphatic heterocycles.